The number of nitrogens with zero attached hydrogens (tertiary/aromatic N) is 2. The number of carbonyl (C=O) groups is 1. The van der Waals surface area contributed by atoms with Crippen molar-refractivity contribution in [3.05, 3.63) is 11.2 Å². The first-order chi connectivity index (χ1) is 8.52. The molecule has 1 aromatic heterocycles. The Morgan fingerprint density at radius 3 is 2.83 bits per heavy atom. The van der Waals surface area contributed by atoms with Crippen LogP contribution in [0.25, 0.3) is 0 Å². The highest BCUT2D eigenvalue weighted by atomic mass is 35.5. The van der Waals surface area contributed by atoms with Crippen molar-refractivity contribution in [1.82, 2.24) is 15.3 Å². The Kier molecular flexibility index (Phi) is 5.64. The number of carbonyl (C=O) groups excluding carboxylic acids is 1. The lowest BCUT2D eigenvalue weighted by Crippen LogP contribution is -2.31. The Balaban J connectivity index is 2.46. The van der Waals surface area contributed by atoms with Crippen molar-refractivity contribution in [2.45, 2.75) is 26.3 Å². The average molecular weight is 272 g/mol. The molecule has 0 aliphatic rings. The lowest BCUT2D eigenvalue weighted by atomic mass is 10.3. The fourth-order valence-electron chi connectivity index (χ4n) is 1.30. The van der Waals surface area contributed by atoms with Crippen LogP contribution in [0.1, 0.15) is 20.3 Å². The highest BCUT2D eigenvalue weighted by Crippen LogP contribution is 2.18. The molecule has 3 N–H and O–H groups in total. The maximum absolute atomic E-state index is 11.4. The molecule has 1 amide bonds. The van der Waals surface area contributed by atoms with Crippen LogP contribution in [0.3, 0.4) is 0 Å². The predicted molar refractivity (Wildman–Crippen MR) is 73.0 cm³/mol. The molecule has 0 aliphatic carbocycles. The van der Waals surface area contributed by atoms with Crippen molar-refractivity contribution in [2.75, 3.05) is 24.2 Å². The highest BCUT2D eigenvalue weighted by Gasteiger charge is 2.06. The van der Waals surface area contributed by atoms with Crippen LogP contribution in [0, 0.1) is 0 Å². The predicted octanol–water partition coefficient (Wildman–Crippen LogP) is 1.50. The first kappa shape index (κ1) is 14.5. The van der Waals surface area contributed by atoms with E-state index in [1.807, 2.05) is 13.8 Å². The zero-order chi connectivity index (χ0) is 13.5. The summed E-state index contributed by atoms with van der Waals surface area (Å²) in [5, 5.41) is 9.07. The Morgan fingerprint density at radius 1 is 1.50 bits per heavy atom. The standard InChI is InChI=1S/C11H18ClN5O/c1-7(2)16-9(18)4-5-14-10-8(12)6-15-11(13-3)17-10/h6-7H,4-5H2,1-3H3,(H,16,18)(H2,13,14,15,17). The second-order valence-electron chi connectivity index (χ2n) is 4.04. The van der Waals surface area contributed by atoms with Gasteiger partial charge in [-0.15, -0.1) is 0 Å². The van der Waals surface area contributed by atoms with E-state index in [9.17, 15) is 4.79 Å². The Bertz CT molecular complexity index is 410. The lowest BCUT2D eigenvalue weighted by Gasteiger charge is -2.10. The van der Waals surface area contributed by atoms with Gasteiger partial charge in [-0.3, -0.25) is 4.79 Å². The molecular formula is C11H18ClN5O. The van der Waals surface area contributed by atoms with Gasteiger partial charge in [0.05, 0.1) is 6.20 Å². The molecule has 100 valence electrons. The molecule has 0 aromatic carbocycles. The first-order valence-corrected chi connectivity index (χ1v) is 6.14. The fourth-order valence-corrected chi connectivity index (χ4v) is 1.46. The third-order valence-electron chi connectivity index (χ3n) is 2.06. The van der Waals surface area contributed by atoms with Gasteiger partial charge in [0.25, 0.3) is 0 Å². The number of aromatic nitrogens is 2. The van der Waals surface area contributed by atoms with Gasteiger partial charge in [-0.1, -0.05) is 11.6 Å². The number of anilines is 2. The van der Waals surface area contributed by atoms with Crippen LogP contribution in [0.5, 0.6) is 0 Å². The van der Waals surface area contributed by atoms with Gasteiger partial charge < -0.3 is 16.0 Å². The monoisotopic (exact) mass is 271 g/mol. The molecule has 1 aromatic rings. The van der Waals surface area contributed by atoms with Crippen LogP contribution >= 0.6 is 11.6 Å². The van der Waals surface area contributed by atoms with Gasteiger partial charge in [0.15, 0.2) is 0 Å². The minimum Gasteiger partial charge on any atom is -0.368 e. The molecule has 0 atom stereocenters. The molecule has 6 nitrogen and oxygen atoms in total. The largest absolute Gasteiger partial charge is 0.368 e. The smallest absolute Gasteiger partial charge is 0.224 e. The molecule has 7 heteroatoms. The van der Waals surface area contributed by atoms with E-state index in [1.54, 1.807) is 7.05 Å². The second-order valence-corrected chi connectivity index (χ2v) is 4.45. The van der Waals surface area contributed by atoms with Crippen LogP contribution in [-0.2, 0) is 4.79 Å². The van der Waals surface area contributed by atoms with Crippen molar-refractivity contribution in [1.29, 1.82) is 0 Å². The van der Waals surface area contributed by atoms with Gasteiger partial charge >= 0.3 is 0 Å². The van der Waals surface area contributed by atoms with Gasteiger partial charge in [0.1, 0.15) is 10.8 Å². The van der Waals surface area contributed by atoms with Crippen molar-refractivity contribution in [2.24, 2.45) is 0 Å². The second kappa shape index (κ2) is 7.00. The summed E-state index contributed by atoms with van der Waals surface area (Å²) >= 11 is 5.94. The third-order valence-corrected chi connectivity index (χ3v) is 2.34. The quantitative estimate of drug-likeness (QED) is 0.731. The lowest BCUT2D eigenvalue weighted by molar-refractivity contribution is -0.121. The molecule has 0 radical (unpaired) electrons. The van der Waals surface area contributed by atoms with Crippen LogP contribution < -0.4 is 16.0 Å². The van der Waals surface area contributed by atoms with Crippen LogP contribution in [0.15, 0.2) is 6.20 Å². The number of hydrogen-bond donors (Lipinski definition) is 3. The summed E-state index contributed by atoms with van der Waals surface area (Å²) in [7, 11) is 1.73. The van der Waals surface area contributed by atoms with Gasteiger partial charge in [0.2, 0.25) is 11.9 Å². The van der Waals surface area contributed by atoms with Gasteiger partial charge in [-0.05, 0) is 13.8 Å². The summed E-state index contributed by atoms with van der Waals surface area (Å²) in [5.41, 5.74) is 0. The number of rotatable bonds is 6. The van der Waals surface area contributed by atoms with E-state index in [-0.39, 0.29) is 11.9 Å². The Labute approximate surface area is 112 Å². The van der Waals surface area contributed by atoms with Crippen molar-refractivity contribution in [3.8, 4) is 0 Å². The van der Waals surface area contributed by atoms with E-state index < -0.39 is 0 Å². The van der Waals surface area contributed by atoms with Gasteiger partial charge in [-0.25, -0.2) is 4.98 Å². The summed E-state index contributed by atoms with van der Waals surface area (Å²) in [6.45, 7) is 4.32. The summed E-state index contributed by atoms with van der Waals surface area (Å²) in [6, 6.07) is 0.149. The molecule has 0 aliphatic heterocycles. The topological polar surface area (TPSA) is 78.9 Å². The van der Waals surface area contributed by atoms with E-state index >= 15 is 0 Å². The van der Waals surface area contributed by atoms with Crippen molar-refractivity contribution < 1.29 is 4.79 Å². The number of hydrogen-bond acceptors (Lipinski definition) is 5. The van der Waals surface area contributed by atoms with Crippen LogP contribution in [0.2, 0.25) is 5.02 Å². The maximum Gasteiger partial charge on any atom is 0.224 e. The minimum atomic E-state index is -0.00322. The Morgan fingerprint density at radius 2 is 2.22 bits per heavy atom. The molecular weight excluding hydrogens is 254 g/mol. The summed E-state index contributed by atoms with van der Waals surface area (Å²) in [6.07, 6.45) is 1.88. The first-order valence-electron chi connectivity index (χ1n) is 5.76. The van der Waals surface area contributed by atoms with E-state index in [1.165, 1.54) is 6.20 Å². The van der Waals surface area contributed by atoms with Crippen molar-refractivity contribution in [3.63, 3.8) is 0 Å². The SMILES string of the molecule is CNc1ncc(Cl)c(NCCC(=O)NC(C)C)n1. The number of amides is 1. The average Bonchev–Trinajstić information content (AvgIpc) is 2.30. The van der Waals surface area contributed by atoms with Gasteiger partial charge in [0, 0.05) is 26.1 Å². The van der Waals surface area contributed by atoms with E-state index in [0.717, 1.165) is 0 Å². The molecule has 0 unspecified atom stereocenters. The molecule has 0 saturated carbocycles. The van der Waals surface area contributed by atoms with Gasteiger partial charge in [-0.2, -0.15) is 4.98 Å². The molecule has 0 spiro atoms. The maximum atomic E-state index is 11.4. The fraction of sp³-hybridized carbons (Fsp3) is 0.545. The third kappa shape index (κ3) is 4.75. The normalized spacial score (nSPS) is 10.3. The van der Waals surface area contributed by atoms with E-state index in [4.69, 9.17) is 11.6 Å². The number of nitrogens with one attached hydrogen (secondary N) is 3. The molecule has 1 rings (SSSR count). The van der Waals surface area contributed by atoms with E-state index in [0.29, 0.717) is 29.8 Å². The summed E-state index contributed by atoms with van der Waals surface area (Å²) in [5.74, 6) is 0.999. The van der Waals surface area contributed by atoms with E-state index in [2.05, 4.69) is 25.9 Å². The van der Waals surface area contributed by atoms with Crippen LogP contribution in [-0.4, -0.2) is 35.5 Å². The summed E-state index contributed by atoms with van der Waals surface area (Å²) in [4.78, 5) is 19.5. The minimum absolute atomic E-state index is 0.00322. The van der Waals surface area contributed by atoms with Crippen molar-refractivity contribution >= 4 is 29.3 Å². The molecule has 0 saturated heterocycles. The summed E-state index contributed by atoms with van der Waals surface area (Å²) < 4.78 is 0. The van der Waals surface area contributed by atoms with Crippen LogP contribution in [0.4, 0.5) is 11.8 Å². The molecule has 18 heavy (non-hydrogen) atoms. The molecule has 1 heterocycles. The zero-order valence-corrected chi connectivity index (χ0v) is 11.5. The number of halogens is 1. The molecule has 0 fully saturated rings. The highest BCUT2D eigenvalue weighted by molar-refractivity contribution is 6.32. The Hall–Kier alpha value is -1.56. The zero-order valence-electron chi connectivity index (χ0n) is 10.7. The molecule has 0 bridgehead atoms.